The van der Waals surface area contributed by atoms with Crippen LogP contribution >= 0.6 is 0 Å². The van der Waals surface area contributed by atoms with E-state index in [4.69, 9.17) is 0 Å². The Morgan fingerprint density at radius 1 is 1.15 bits per heavy atom. The van der Waals surface area contributed by atoms with Gasteiger partial charge in [0, 0.05) is 23.8 Å². The number of anilines is 2. The molecule has 140 valence electrons. The van der Waals surface area contributed by atoms with Gasteiger partial charge in [-0.3, -0.25) is 4.79 Å². The summed E-state index contributed by atoms with van der Waals surface area (Å²) in [5.74, 6) is 0.645. The van der Waals surface area contributed by atoms with Crippen LogP contribution in [0.2, 0.25) is 0 Å². The van der Waals surface area contributed by atoms with Crippen molar-refractivity contribution in [2.45, 2.75) is 52.6 Å². The monoisotopic (exact) mass is 358 g/mol. The first-order valence-corrected chi connectivity index (χ1v) is 8.77. The van der Waals surface area contributed by atoms with Gasteiger partial charge in [0.1, 0.15) is 6.33 Å². The normalized spacial score (nSPS) is 11.9. The fourth-order valence-corrected chi connectivity index (χ4v) is 2.51. The molecule has 0 spiro atoms. The van der Waals surface area contributed by atoms with Crippen molar-refractivity contribution in [2.24, 2.45) is 0 Å². The summed E-state index contributed by atoms with van der Waals surface area (Å²) >= 11 is 0. The quantitative estimate of drug-likeness (QED) is 0.705. The van der Waals surface area contributed by atoms with Crippen molar-refractivity contribution < 1.29 is 9.59 Å². The topological polar surface area (TPSA) is 101 Å². The number of rotatable bonds is 7. The summed E-state index contributed by atoms with van der Waals surface area (Å²) in [6, 6.07) is 6.58. The fourth-order valence-electron chi connectivity index (χ4n) is 2.51. The summed E-state index contributed by atoms with van der Waals surface area (Å²) in [4.78, 5) is 24.0. The molecular weight excluding hydrogens is 332 g/mol. The lowest BCUT2D eigenvalue weighted by Crippen LogP contribution is -2.32. The minimum Gasteiger partial charge on any atom is -0.328 e. The maximum Gasteiger partial charge on any atom is 0.319 e. The van der Waals surface area contributed by atoms with Gasteiger partial charge in [0.25, 0.3) is 0 Å². The highest BCUT2D eigenvalue weighted by atomic mass is 16.2. The predicted octanol–water partition coefficient (Wildman–Crippen LogP) is 3.48. The molecule has 1 heterocycles. The molecule has 2 aromatic rings. The second-order valence-electron chi connectivity index (χ2n) is 6.39. The minimum absolute atomic E-state index is 0.0456. The smallest absolute Gasteiger partial charge is 0.319 e. The molecule has 2 rings (SSSR count). The average Bonchev–Trinajstić information content (AvgIpc) is 3.05. The van der Waals surface area contributed by atoms with Crippen molar-refractivity contribution in [3.8, 4) is 0 Å². The SMILES string of the molecule is CCCC(=O)Nc1cccc(NC(=O)NC(C)c2nncn2C(C)C)c1. The standard InChI is InChI=1S/C18H26N6O2/c1-5-7-16(25)21-14-8-6-9-15(10-14)22-18(26)20-13(4)17-23-19-11-24(17)12(2)3/h6,8-13H,5,7H2,1-4H3,(H,21,25)(H2,20,22,26). The van der Waals surface area contributed by atoms with Crippen LogP contribution in [0.15, 0.2) is 30.6 Å². The molecular formula is C18H26N6O2. The third-order valence-electron chi connectivity index (χ3n) is 3.77. The highest BCUT2D eigenvalue weighted by molar-refractivity contribution is 5.93. The molecule has 0 fully saturated rings. The van der Waals surface area contributed by atoms with Gasteiger partial charge < -0.3 is 20.5 Å². The number of aromatic nitrogens is 3. The first kappa shape index (κ1) is 19.4. The largest absolute Gasteiger partial charge is 0.328 e. The summed E-state index contributed by atoms with van der Waals surface area (Å²) in [6.07, 6.45) is 2.90. The number of urea groups is 1. The summed E-state index contributed by atoms with van der Waals surface area (Å²) in [5.41, 5.74) is 1.24. The van der Waals surface area contributed by atoms with Crippen molar-refractivity contribution in [1.82, 2.24) is 20.1 Å². The highest BCUT2D eigenvalue weighted by Crippen LogP contribution is 2.17. The Morgan fingerprint density at radius 2 is 1.85 bits per heavy atom. The number of hydrogen-bond donors (Lipinski definition) is 3. The van der Waals surface area contributed by atoms with Crippen molar-refractivity contribution in [3.63, 3.8) is 0 Å². The zero-order valence-corrected chi connectivity index (χ0v) is 15.6. The van der Waals surface area contributed by atoms with Gasteiger partial charge in [-0.15, -0.1) is 10.2 Å². The number of amides is 3. The molecule has 0 aliphatic carbocycles. The molecule has 1 aromatic heterocycles. The molecule has 1 aromatic carbocycles. The molecule has 0 saturated heterocycles. The van der Waals surface area contributed by atoms with Crippen molar-refractivity contribution >= 4 is 23.3 Å². The van der Waals surface area contributed by atoms with Crippen molar-refractivity contribution in [2.75, 3.05) is 10.6 Å². The molecule has 8 nitrogen and oxygen atoms in total. The van der Waals surface area contributed by atoms with Crippen LogP contribution in [0.1, 0.15) is 58.4 Å². The van der Waals surface area contributed by atoms with E-state index < -0.39 is 0 Å². The number of hydrogen-bond acceptors (Lipinski definition) is 4. The first-order valence-electron chi connectivity index (χ1n) is 8.77. The number of nitrogens with zero attached hydrogens (tertiary/aromatic N) is 3. The fraction of sp³-hybridized carbons (Fsp3) is 0.444. The van der Waals surface area contributed by atoms with E-state index >= 15 is 0 Å². The Balaban J connectivity index is 1.97. The molecule has 0 bridgehead atoms. The number of nitrogens with one attached hydrogen (secondary N) is 3. The molecule has 1 unspecified atom stereocenters. The molecule has 1 atom stereocenters. The van der Waals surface area contributed by atoms with E-state index in [1.165, 1.54) is 0 Å². The maximum absolute atomic E-state index is 12.3. The van der Waals surface area contributed by atoms with Crippen molar-refractivity contribution in [3.05, 3.63) is 36.4 Å². The average molecular weight is 358 g/mol. The number of carbonyl (C=O) groups is 2. The van der Waals surface area contributed by atoms with Crippen LogP contribution < -0.4 is 16.0 Å². The summed E-state index contributed by atoms with van der Waals surface area (Å²) in [7, 11) is 0. The van der Waals surface area contributed by atoms with Crippen LogP contribution in [0, 0.1) is 0 Å². The van der Waals surface area contributed by atoms with Crippen LogP contribution in [0.5, 0.6) is 0 Å². The summed E-state index contributed by atoms with van der Waals surface area (Å²) < 4.78 is 1.91. The van der Waals surface area contributed by atoms with E-state index in [1.807, 2.05) is 32.3 Å². The molecule has 3 N–H and O–H groups in total. The summed E-state index contributed by atoms with van der Waals surface area (Å²) in [6.45, 7) is 7.85. The Labute approximate surface area is 153 Å². The minimum atomic E-state index is -0.354. The third-order valence-corrected chi connectivity index (χ3v) is 3.77. The van der Waals surface area contributed by atoms with Crippen molar-refractivity contribution in [1.29, 1.82) is 0 Å². The van der Waals surface area contributed by atoms with Gasteiger partial charge in [-0.2, -0.15) is 0 Å². The van der Waals surface area contributed by atoms with Gasteiger partial charge in [0.15, 0.2) is 5.82 Å². The van der Waals surface area contributed by atoms with Gasteiger partial charge in [-0.25, -0.2) is 4.79 Å². The zero-order valence-electron chi connectivity index (χ0n) is 15.6. The Hall–Kier alpha value is -2.90. The molecule has 26 heavy (non-hydrogen) atoms. The third kappa shape index (κ3) is 5.30. The zero-order chi connectivity index (χ0) is 19.1. The predicted molar refractivity (Wildman–Crippen MR) is 101 cm³/mol. The van der Waals surface area contributed by atoms with E-state index in [1.54, 1.807) is 30.6 Å². The van der Waals surface area contributed by atoms with Crippen LogP contribution in [0.4, 0.5) is 16.2 Å². The Kier molecular flexibility index (Phi) is 6.71. The van der Waals surface area contributed by atoms with Crippen LogP contribution in [-0.2, 0) is 4.79 Å². The summed E-state index contributed by atoms with van der Waals surface area (Å²) in [5, 5.41) is 16.4. The number of benzene rings is 1. The van der Waals surface area contributed by atoms with E-state index in [2.05, 4.69) is 26.1 Å². The number of carbonyl (C=O) groups excluding carboxylic acids is 2. The second kappa shape index (κ2) is 8.98. The molecule has 0 aliphatic rings. The van der Waals surface area contributed by atoms with E-state index in [9.17, 15) is 9.59 Å². The lowest BCUT2D eigenvalue weighted by molar-refractivity contribution is -0.116. The molecule has 8 heteroatoms. The van der Waals surface area contributed by atoms with Gasteiger partial charge in [0.2, 0.25) is 5.91 Å². The van der Waals surface area contributed by atoms with E-state index in [-0.39, 0.29) is 24.0 Å². The highest BCUT2D eigenvalue weighted by Gasteiger charge is 2.17. The van der Waals surface area contributed by atoms with Gasteiger partial charge >= 0.3 is 6.03 Å². The van der Waals surface area contributed by atoms with Crippen LogP contribution in [-0.4, -0.2) is 26.7 Å². The molecule has 3 amide bonds. The Morgan fingerprint density at radius 3 is 2.50 bits per heavy atom. The van der Waals surface area contributed by atoms with Crippen LogP contribution in [0.3, 0.4) is 0 Å². The van der Waals surface area contributed by atoms with Gasteiger partial charge in [-0.05, 0) is 45.4 Å². The first-order chi connectivity index (χ1) is 12.4. The molecule has 0 aliphatic heterocycles. The lowest BCUT2D eigenvalue weighted by Gasteiger charge is -2.17. The van der Waals surface area contributed by atoms with E-state index in [0.29, 0.717) is 23.6 Å². The lowest BCUT2D eigenvalue weighted by atomic mass is 10.2. The molecule has 0 saturated carbocycles. The Bertz CT molecular complexity index is 756. The molecule has 0 radical (unpaired) electrons. The van der Waals surface area contributed by atoms with E-state index in [0.717, 1.165) is 6.42 Å². The maximum atomic E-state index is 12.3. The van der Waals surface area contributed by atoms with Crippen LogP contribution in [0.25, 0.3) is 0 Å². The second-order valence-corrected chi connectivity index (χ2v) is 6.39. The van der Waals surface area contributed by atoms with Gasteiger partial charge in [0.05, 0.1) is 6.04 Å². The van der Waals surface area contributed by atoms with Gasteiger partial charge in [-0.1, -0.05) is 13.0 Å².